The number of rotatable bonds is 2. The lowest BCUT2D eigenvalue weighted by Crippen LogP contribution is -2.42. The first-order valence-corrected chi connectivity index (χ1v) is 6.74. The summed E-state index contributed by atoms with van der Waals surface area (Å²) >= 11 is 0. The van der Waals surface area contributed by atoms with E-state index < -0.39 is 40.4 Å². The number of carbonyl (C=O) groups excluding carboxylic acids is 1. The van der Waals surface area contributed by atoms with Crippen LogP contribution >= 0.6 is 0 Å². The van der Waals surface area contributed by atoms with Crippen molar-refractivity contribution in [3.8, 4) is 6.07 Å². The zero-order valence-corrected chi connectivity index (χ0v) is 12.5. The Morgan fingerprint density at radius 1 is 1.41 bits per heavy atom. The Morgan fingerprint density at radius 2 is 2.05 bits per heavy atom. The lowest BCUT2D eigenvalue weighted by Gasteiger charge is -2.35. The van der Waals surface area contributed by atoms with Crippen LogP contribution in [0.25, 0.3) is 0 Å². The molecule has 0 amide bonds. The number of carbonyl (C=O) groups is 1. The van der Waals surface area contributed by atoms with Crippen LogP contribution in [0.15, 0.2) is 23.3 Å². The first-order chi connectivity index (χ1) is 9.98. The Balaban J connectivity index is 2.32. The minimum atomic E-state index is -4.65. The van der Waals surface area contributed by atoms with Crippen LogP contribution < -0.4 is 0 Å². The van der Waals surface area contributed by atoms with Crippen LogP contribution in [0.4, 0.5) is 13.2 Å². The molecule has 120 valence electrons. The molecule has 1 aliphatic heterocycles. The van der Waals surface area contributed by atoms with E-state index in [1.54, 1.807) is 19.9 Å². The van der Waals surface area contributed by atoms with Crippen molar-refractivity contribution in [1.29, 1.82) is 5.26 Å². The SMILES string of the molecule is CC1(OC2C(=O)OCC2(C)C)C=C(C(F)(F)F)C(C#N)=CC1. The molecule has 1 heterocycles. The second-order valence-corrected chi connectivity index (χ2v) is 6.40. The molecule has 2 rings (SSSR count). The number of nitrogens with zero attached hydrogens (tertiary/aromatic N) is 1. The Bertz CT molecular complexity index is 598. The molecule has 0 bridgehead atoms. The molecule has 0 aromatic heterocycles. The Morgan fingerprint density at radius 3 is 2.50 bits per heavy atom. The highest BCUT2D eigenvalue weighted by atomic mass is 19.4. The monoisotopic (exact) mass is 315 g/mol. The Kier molecular flexibility index (Phi) is 3.86. The van der Waals surface area contributed by atoms with Crippen molar-refractivity contribution < 1.29 is 27.4 Å². The number of halogens is 3. The molecule has 0 radical (unpaired) electrons. The molecule has 0 aromatic carbocycles. The van der Waals surface area contributed by atoms with Gasteiger partial charge in [0.15, 0.2) is 6.10 Å². The smallest absolute Gasteiger partial charge is 0.417 e. The average molecular weight is 315 g/mol. The molecule has 2 unspecified atom stereocenters. The van der Waals surface area contributed by atoms with Crippen LogP contribution in [0.3, 0.4) is 0 Å². The number of hydrogen-bond donors (Lipinski definition) is 0. The van der Waals surface area contributed by atoms with Crippen molar-refractivity contribution in [2.75, 3.05) is 6.61 Å². The van der Waals surface area contributed by atoms with Gasteiger partial charge in [-0.25, -0.2) is 4.79 Å². The molecule has 2 atom stereocenters. The van der Waals surface area contributed by atoms with Crippen LogP contribution in [0, 0.1) is 16.7 Å². The van der Waals surface area contributed by atoms with Gasteiger partial charge in [0.05, 0.1) is 29.4 Å². The van der Waals surface area contributed by atoms with Gasteiger partial charge in [0.2, 0.25) is 0 Å². The fourth-order valence-electron chi connectivity index (χ4n) is 2.48. The van der Waals surface area contributed by atoms with Crippen LogP contribution in [-0.4, -0.2) is 30.5 Å². The first-order valence-electron chi connectivity index (χ1n) is 6.74. The lowest BCUT2D eigenvalue weighted by molar-refractivity contribution is -0.156. The van der Waals surface area contributed by atoms with Crippen LogP contribution in [0.1, 0.15) is 27.2 Å². The molecule has 2 aliphatic rings. The quantitative estimate of drug-likeness (QED) is 0.735. The zero-order chi connectivity index (χ0) is 16.8. The van der Waals surface area contributed by atoms with E-state index in [2.05, 4.69) is 0 Å². The van der Waals surface area contributed by atoms with Gasteiger partial charge in [0, 0.05) is 5.41 Å². The molecular formula is C15H16F3NO3. The van der Waals surface area contributed by atoms with Crippen molar-refractivity contribution in [2.24, 2.45) is 5.41 Å². The summed E-state index contributed by atoms with van der Waals surface area (Å²) in [5, 5.41) is 8.83. The van der Waals surface area contributed by atoms with Gasteiger partial charge >= 0.3 is 12.1 Å². The molecule has 22 heavy (non-hydrogen) atoms. The van der Waals surface area contributed by atoms with Gasteiger partial charge in [-0.3, -0.25) is 0 Å². The molecule has 1 aliphatic carbocycles. The summed E-state index contributed by atoms with van der Waals surface area (Å²) in [6, 6.07) is 1.54. The van der Waals surface area contributed by atoms with Gasteiger partial charge in [0.1, 0.15) is 0 Å². The van der Waals surface area contributed by atoms with E-state index >= 15 is 0 Å². The lowest BCUT2D eigenvalue weighted by atomic mass is 9.85. The van der Waals surface area contributed by atoms with Crippen molar-refractivity contribution in [2.45, 2.75) is 45.1 Å². The van der Waals surface area contributed by atoms with Crippen LogP contribution in [-0.2, 0) is 14.3 Å². The second-order valence-electron chi connectivity index (χ2n) is 6.40. The number of cyclic esters (lactones) is 1. The van der Waals surface area contributed by atoms with Gasteiger partial charge in [-0.2, -0.15) is 18.4 Å². The highest BCUT2D eigenvalue weighted by Gasteiger charge is 2.49. The summed E-state index contributed by atoms with van der Waals surface area (Å²) < 4.78 is 49.8. The van der Waals surface area contributed by atoms with Crippen LogP contribution in [0.5, 0.6) is 0 Å². The number of hydrogen-bond acceptors (Lipinski definition) is 4. The van der Waals surface area contributed by atoms with E-state index in [9.17, 15) is 18.0 Å². The largest absolute Gasteiger partial charge is 0.463 e. The minimum Gasteiger partial charge on any atom is -0.463 e. The average Bonchev–Trinajstić information content (AvgIpc) is 2.64. The van der Waals surface area contributed by atoms with Gasteiger partial charge in [0.25, 0.3) is 0 Å². The summed E-state index contributed by atoms with van der Waals surface area (Å²) in [4.78, 5) is 11.7. The van der Waals surface area contributed by atoms with Crippen molar-refractivity contribution in [1.82, 2.24) is 0 Å². The molecular weight excluding hydrogens is 299 g/mol. The molecule has 4 nitrogen and oxygen atoms in total. The summed E-state index contributed by atoms with van der Waals surface area (Å²) in [5.74, 6) is -0.580. The number of ether oxygens (including phenoxy) is 2. The summed E-state index contributed by atoms with van der Waals surface area (Å²) in [6.07, 6.45) is -3.45. The fraction of sp³-hybridized carbons (Fsp3) is 0.600. The standard InChI is InChI=1S/C15H16F3NO3/c1-13(2)8-21-12(20)11(13)22-14(3)5-4-9(7-19)10(6-14)15(16,17)18/h4,6,11H,5,8H2,1-3H3. The minimum absolute atomic E-state index is 0.0787. The normalized spacial score (nSPS) is 31.1. The maximum Gasteiger partial charge on any atom is 0.417 e. The molecule has 0 N–H and O–H groups in total. The predicted molar refractivity (Wildman–Crippen MR) is 70.5 cm³/mol. The third kappa shape index (κ3) is 3.02. The van der Waals surface area contributed by atoms with Gasteiger partial charge in [-0.05, 0) is 19.4 Å². The Hall–Kier alpha value is -1.81. The summed E-state index contributed by atoms with van der Waals surface area (Å²) in [5.41, 5.74) is -3.41. The topological polar surface area (TPSA) is 59.3 Å². The predicted octanol–water partition coefficient (Wildman–Crippen LogP) is 3.06. The molecule has 1 saturated heterocycles. The van der Waals surface area contributed by atoms with Gasteiger partial charge in [-0.15, -0.1) is 0 Å². The van der Waals surface area contributed by atoms with Gasteiger partial charge < -0.3 is 9.47 Å². The maximum absolute atomic E-state index is 13.1. The Labute approximate surface area is 126 Å². The number of nitriles is 1. The van der Waals surface area contributed by atoms with Gasteiger partial charge in [-0.1, -0.05) is 19.9 Å². The summed E-state index contributed by atoms with van der Waals surface area (Å²) in [7, 11) is 0. The third-order valence-corrected chi connectivity index (χ3v) is 3.77. The molecule has 1 fully saturated rings. The number of alkyl halides is 3. The van der Waals surface area contributed by atoms with Crippen molar-refractivity contribution >= 4 is 5.97 Å². The second kappa shape index (κ2) is 5.13. The third-order valence-electron chi connectivity index (χ3n) is 3.77. The highest BCUT2D eigenvalue weighted by Crippen LogP contribution is 2.41. The van der Waals surface area contributed by atoms with E-state index in [4.69, 9.17) is 14.7 Å². The molecule has 0 saturated carbocycles. The molecule has 0 spiro atoms. The van der Waals surface area contributed by atoms with Crippen molar-refractivity contribution in [3.63, 3.8) is 0 Å². The maximum atomic E-state index is 13.1. The molecule has 7 heteroatoms. The van der Waals surface area contributed by atoms with E-state index in [-0.39, 0.29) is 13.0 Å². The first kappa shape index (κ1) is 16.6. The zero-order valence-electron chi connectivity index (χ0n) is 12.5. The number of esters is 1. The molecule has 0 aromatic rings. The van der Waals surface area contributed by atoms with E-state index in [0.29, 0.717) is 0 Å². The van der Waals surface area contributed by atoms with Crippen LogP contribution in [0.2, 0.25) is 0 Å². The van der Waals surface area contributed by atoms with E-state index in [1.807, 2.05) is 0 Å². The summed E-state index contributed by atoms with van der Waals surface area (Å²) in [6.45, 7) is 5.12. The fourth-order valence-corrected chi connectivity index (χ4v) is 2.48. The van der Waals surface area contributed by atoms with E-state index in [0.717, 1.165) is 6.08 Å². The highest BCUT2D eigenvalue weighted by molar-refractivity contribution is 5.78. The van der Waals surface area contributed by atoms with E-state index in [1.165, 1.54) is 13.0 Å². The number of allylic oxidation sites excluding steroid dienone is 2. The van der Waals surface area contributed by atoms with Crippen molar-refractivity contribution in [3.05, 3.63) is 23.3 Å².